The number of amides is 2. The van der Waals surface area contributed by atoms with Gasteiger partial charge in [-0.3, -0.25) is 9.59 Å². The van der Waals surface area contributed by atoms with Crippen molar-refractivity contribution in [1.82, 2.24) is 0 Å². The summed E-state index contributed by atoms with van der Waals surface area (Å²) in [5, 5.41) is 2.91. The van der Waals surface area contributed by atoms with E-state index in [0.717, 1.165) is 22.6 Å². The largest absolute Gasteiger partial charge is 0.489 e. The van der Waals surface area contributed by atoms with Crippen LogP contribution in [-0.2, 0) is 16.2 Å². The van der Waals surface area contributed by atoms with Crippen molar-refractivity contribution in [3.05, 3.63) is 90.0 Å². The molecule has 1 fully saturated rings. The summed E-state index contributed by atoms with van der Waals surface area (Å²) in [5.41, 5.74) is 3.75. The number of carbonyl (C=O) groups excluding carboxylic acids is 2. The molecule has 1 aliphatic heterocycles. The number of hydrogen-bond acceptors (Lipinski definition) is 3. The van der Waals surface area contributed by atoms with Crippen LogP contribution < -0.4 is 15.0 Å². The van der Waals surface area contributed by atoms with E-state index < -0.39 is 0 Å². The Hall–Kier alpha value is -3.60. The van der Waals surface area contributed by atoms with Gasteiger partial charge in [0.1, 0.15) is 12.4 Å². The molecule has 4 rings (SSSR count). The molecule has 1 heterocycles. The highest BCUT2D eigenvalue weighted by Crippen LogP contribution is 2.26. The van der Waals surface area contributed by atoms with Crippen LogP contribution in [0.5, 0.6) is 5.75 Å². The summed E-state index contributed by atoms with van der Waals surface area (Å²) in [7, 11) is 0. The molecule has 0 aromatic heterocycles. The second kappa shape index (κ2) is 8.82. The van der Waals surface area contributed by atoms with Crippen LogP contribution in [0.4, 0.5) is 11.4 Å². The van der Waals surface area contributed by atoms with Crippen molar-refractivity contribution in [3.8, 4) is 5.75 Å². The first-order valence-corrected chi connectivity index (χ1v) is 10.0. The van der Waals surface area contributed by atoms with Crippen LogP contribution in [-0.4, -0.2) is 18.4 Å². The van der Waals surface area contributed by atoms with Gasteiger partial charge in [-0.1, -0.05) is 48.0 Å². The predicted octanol–water partition coefficient (Wildman–Crippen LogP) is 4.57. The Balaban J connectivity index is 1.32. The summed E-state index contributed by atoms with van der Waals surface area (Å²) < 4.78 is 5.77. The number of nitrogens with zero attached hydrogens (tertiary/aromatic N) is 1. The van der Waals surface area contributed by atoms with Crippen LogP contribution in [0.15, 0.2) is 78.9 Å². The number of hydrogen-bond donors (Lipinski definition) is 1. The van der Waals surface area contributed by atoms with Gasteiger partial charge in [0, 0.05) is 24.3 Å². The minimum Gasteiger partial charge on any atom is -0.489 e. The molecule has 0 unspecified atom stereocenters. The zero-order valence-corrected chi connectivity index (χ0v) is 16.9. The first-order chi connectivity index (χ1) is 14.6. The molecular formula is C25H24N2O3. The summed E-state index contributed by atoms with van der Waals surface area (Å²) in [6, 6.07) is 25.0. The van der Waals surface area contributed by atoms with Gasteiger partial charge in [0.2, 0.25) is 11.8 Å². The van der Waals surface area contributed by atoms with E-state index >= 15 is 0 Å². The Labute approximate surface area is 176 Å². The summed E-state index contributed by atoms with van der Waals surface area (Å²) in [6.07, 6.45) is 0.220. The normalized spacial score (nSPS) is 15.8. The van der Waals surface area contributed by atoms with E-state index in [4.69, 9.17) is 4.74 Å². The molecule has 5 heteroatoms. The quantitative estimate of drug-likeness (QED) is 0.660. The summed E-state index contributed by atoms with van der Waals surface area (Å²) in [5.74, 6) is 0.200. The van der Waals surface area contributed by atoms with E-state index in [9.17, 15) is 9.59 Å². The highest BCUT2D eigenvalue weighted by atomic mass is 16.5. The molecule has 30 heavy (non-hydrogen) atoms. The lowest BCUT2D eigenvalue weighted by molar-refractivity contribution is -0.122. The second-order valence-corrected chi connectivity index (χ2v) is 7.53. The molecule has 1 saturated heterocycles. The van der Waals surface area contributed by atoms with Gasteiger partial charge in [-0.25, -0.2) is 0 Å². The molecule has 1 atom stereocenters. The number of benzene rings is 3. The smallest absolute Gasteiger partial charge is 0.229 e. The number of aryl methyl sites for hydroxylation is 1. The molecule has 3 aromatic carbocycles. The molecule has 5 nitrogen and oxygen atoms in total. The first-order valence-electron chi connectivity index (χ1n) is 10.0. The van der Waals surface area contributed by atoms with E-state index in [1.807, 2.05) is 85.8 Å². The van der Waals surface area contributed by atoms with Gasteiger partial charge >= 0.3 is 0 Å². The fraction of sp³-hybridized carbons (Fsp3) is 0.200. The summed E-state index contributed by atoms with van der Waals surface area (Å²) >= 11 is 0. The van der Waals surface area contributed by atoms with Crippen LogP contribution in [0, 0.1) is 12.8 Å². The summed E-state index contributed by atoms with van der Waals surface area (Å²) in [6.45, 7) is 2.89. The van der Waals surface area contributed by atoms with Crippen molar-refractivity contribution < 1.29 is 14.3 Å². The maximum atomic E-state index is 12.7. The van der Waals surface area contributed by atoms with Crippen LogP contribution >= 0.6 is 0 Å². The van der Waals surface area contributed by atoms with Gasteiger partial charge in [0.25, 0.3) is 0 Å². The fourth-order valence-electron chi connectivity index (χ4n) is 3.48. The van der Waals surface area contributed by atoms with Crippen molar-refractivity contribution in [3.63, 3.8) is 0 Å². The minimum absolute atomic E-state index is 0.0244. The van der Waals surface area contributed by atoms with Crippen molar-refractivity contribution in [1.29, 1.82) is 0 Å². The molecule has 1 N–H and O–H groups in total. The van der Waals surface area contributed by atoms with Crippen molar-refractivity contribution in [2.24, 2.45) is 5.92 Å². The van der Waals surface area contributed by atoms with E-state index in [1.165, 1.54) is 0 Å². The molecule has 0 aliphatic carbocycles. The van der Waals surface area contributed by atoms with Gasteiger partial charge in [0.05, 0.1) is 5.92 Å². The SMILES string of the molecule is Cc1ccc(N2C[C@@H](C(=O)Nc3ccc(OCc4ccccc4)cc3)CC2=O)cc1. The zero-order chi connectivity index (χ0) is 20.9. The molecule has 0 saturated carbocycles. The van der Waals surface area contributed by atoms with Gasteiger partial charge in [0.15, 0.2) is 0 Å². The van der Waals surface area contributed by atoms with Gasteiger partial charge < -0.3 is 15.0 Å². The number of carbonyl (C=O) groups is 2. The second-order valence-electron chi connectivity index (χ2n) is 7.53. The standard InChI is InChI=1S/C25H24N2O3/c1-18-7-11-22(12-8-18)27-16-20(15-24(27)28)25(29)26-21-9-13-23(14-10-21)30-17-19-5-3-2-4-6-19/h2-14,20H,15-17H2,1H3,(H,26,29)/t20-/m0/s1. The molecule has 1 aliphatic rings. The average molecular weight is 400 g/mol. The highest BCUT2D eigenvalue weighted by molar-refractivity contribution is 6.03. The number of ether oxygens (including phenoxy) is 1. The topological polar surface area (TPSA) is 58.6 Å². The maximum absolute atomic E-state index is 12.7. The molecule has 3 aromatic rings. The lowest BCUT2D eigenvalue weighted by Crippen LogP contribution is -2.28. The first kappa shape index (κ1) is 19.7. The van der Waals surface area contributed by atoms with E-state index in [-0.39, 0.29) is 24.2 Å². The van der Waals surface area contributed by atoms with Crippen molar-refractivity contribution in [2.75, 3.05) is 16.8 Å². The monoisotopic (exact) mass is 400 g/mol. The van der Waals surface area contributed by atoms with E-state index in [2.05, 4.69) is 5.32 Å². The fourth-order valence-corrected chi connectivity index (χ4v) is 3.48. The number of nitrogens with one attached hydrogen (secondary N) is 1. The Bertz CT molecular complexity index is 1010. The lowest BCUT2D eigenvalue weighted by atomic mass is 10.1. The Morgan fingerprint density at radius 3 is 2.40 bits per heavy atom. The van der Waals surface area contributed by atoms with Gasteiger partial charge in [-0.2, -0.15) is 0 Å². The highest BCUT2D eigenvalue weighted by Gasteiger charge is 2.35. The predicted molar refractivity (Wildman–Crippen MR) is 117 cm³/mol. The maximum Gasteiger partial charge on any atom is 0.229 e. The van der Waals surface area contributed by atoms with Crippen LogP contribution in [0.3, 0.4) is 0 Å². The Morgan fingerprint density at radius 2 is 1.70 bits per heavy atom. The summed E-state index contributed by atoms with van der Waals surface area (Å²) in [4.78, 5) is 26.7. The molecule has 0 radical (unpaired) electrons. The van der Waals surface area contributed by atoms with E-state index in [1.54, 1.807) is 4.90 Å². The Kier molecular flexibility index (Phi) is 5.80. The third-order valence-corrected chi connectivity index (χ3v) is 5.21. The molecule has 2 amide bonds. The molecule has 0 spiro atoms. The zero-order valence-electron chi connectivity index (χ0n) is 16.9. The molecule has 152 valence electrons. The van der Waals surface area contributed by atoms with Crippen LogP contribution in [0.2, 0.25) is 0 Å². The molecular weight excluding hydrogens is 376 g/mol. The molecule has 0 bridgehead atoms. The Morgan fingerprint density at radius 1 is 1.00 bits per heavy atom. The van der Waals surface area contributed by atoms with Crippen molar-refractivity contribution >= 4 is 23.2 Å². The van der Waals surface area contributed by atoms with Crippen LogP contribution in [0.1, 0.15) is 17.5 Å². The van der Waals surface area contributed by atoms with Gasteiger partial charge in [-0.15, -0.1) is 0 Å². The third kappa shape index (κ3) is 4.69. The number of rotatable bonds is 6. The number of anilines is 2. The van der Waals surface area contributed by atoms with Crippen LogP contribution in [0.25, 0.3) is 0 Å². The van der Waals surface area contributed by atoms with Gasteiger partial charge in [-0.05, 0) is 48.9 Å². The lowest BCUT2D eigenvalue weighted by Gasteiger charge is -2.17. The van der Waals surface area contributed by atoms with E-state index in [0.29, 0.717) is 18.8 Å². The third-order valence-electron chi connectivity index (χ3n) is 5.21. The average Bonchev–Trinajstić information content (AvgIpc) is 3.16. The minimum atomic E-state index is -0.368. The van der Waals surface area contributed by atoms with Crippen molar-refractivity contribution in [2.45, 2.75) is 20.0 Å².